The van der Waals surface area contributed by atoms with Crippen molar-refractivity contribution in [2.45, 2.75) is 0 Å². The normalized spacial score (nSPS) is 11.4. The standard InChI is InChI=1S/C20H12.ClH/c1-2-7-17-15(4-1)12-16-9-8-13-5-3-6-14-10-11-18(17)20(16)19(13)14;/h1-12H;1H. The van der Waals surface area contributed by atoms with Crippen molar-refractivity contribution in [1.82, 2.24) is 0 Å². The van der Waals surface area contributed by atoms with Crippen molar-refractivity contribution < 1.29 is 0 Å². The van der Waals surface area contributed by atoms with E-state index in [0.29, 0.717) is 0 Å². The van der Waals surface area contributed by atoms with Gasteiger partial charge in [-0.25, -0.2) is 0 Å². The predicted molar refractivity (Wildman–Crippen MR) is 94.9 cm³/mol. The Labute approximate surface area is 128 Å². The smallest absolute Gasteiger partial charge is 0.00204 e. The second kappa shape index (κ2) is 4.34. The van der Waals surface area contributed by atoms with Crippen LogP contribution in [0.1, 0.15) is 0 Å². The number of benzene rings is 5. The quantitative estimate of drug-likeness (QED) is 0.236. The minimum atomic E-state index is 0. The van der Waals surface area contributed by atoms with Crippen LogP contribution in [0.5, 0.6) is 0 Å². The average molecular weight is 289 g/mol. The first-order valence-electron chi connectivity index (χ1n) is 6.97. The van der Waals surface area contributed by atoms with E-state index in [9.17, 15) is 0 Å². The van der Waals surface area contributed by atoms with Crippen LogP contribution in [0.3, 0.4) is 0 Å². The summed E-state index contributed by atoms with van der Waals surface area (Å²) in [5, 5.41) is 10.8. The van der Waals surface area contributed by atoms with Gasteiger partial charge in [0.25, 0.3) is 0 Å². The average Bonchev–Trinajstić information content (AvgIpc) is 2.52. The molecule has 0 radical (unpaired) electrons. The third kappa shape index (κ3) is 1.57. The Hall–Kier alpha value is -2.31. The maximum Gasteiger partial charge on any atom is -0.00204 e. The van der Waals surface area contributed by atoms with Crippen LogP contribution in [-0.4, -0.2) is 0 Å². The SMILES string of the molecule is Cl.c1ccc2c(c1)cc1ccc3cccc4ccc2c1c34. The van der Waals surface area contributed by atoms with Crippen molar-refractivity contribution in [3.8, 4) is 0 Å². The molecule has 0 aliphatic heterocycles. The summed E-state index contributed by atoms with van der Waals surface area (Å²) in [5.41, 5.74) is 0. The Morgan fingerprint density at radius 2 is 1.10 bits per heavy atom. The van der Waals surface area contributed by atoms with E-state index < -0.39 is 0 Å². The molecule has 100 valence electrons. The molecule has 0 amide bonds. The lowest BCUT2D eigenvalue weighted by Gasteiger charge is -2.12. The third-order valence-corrected chi connectivity index (χ3v) is 4.37. The van der Waals surface area contributed by atoms with Gasteiger partial charge in [-0.05, 0) is 49.2 Å². The molecule has 0 unspecified atom stereocenters. The van der Waals surface area contributed by atoms with Gasteiger partial charge < -0.3 is 0 Å². The number of fused-ring (bicyclic) bond motifs is 2. The second-order valence-electron chi connectivity index (χ2n) is 5.45. The number of halogens is 1. The molecule has 0 nitrogen and oxygen atoms in total. The highest BCUT2D eigenvalue weighted by atomic mass is 35.5. The Kier molecular flexibility index (Phi) is 2.57. The van der Waals surface area contributed by atoms with Gasteiger partial charge in [-0.2, -0.15) is 0 Å². The van der Waals surface area contributed by atoms with Crippen LogP contribution >= 0.6 is 12.4 Å². The van der Waals surface area contributed by atoms with E-state index in [1.54, 1.807) is 0 Å². The topological polar surface area (TPSA) is 0 Å². The van der Waals surface area contributed by atoms with Gasteiger partial charge in [0.05, 0.1) is 0 Å². The van der Waals surface area contributed by atoms with Crippen LogP contribution in [0, 0.1) is 0 Å². The lowest BCUT2D eigenvalue weighted by molar-refractivity contribution is 1.78. The van der Waals surface area contributed by atoms with Gasteiger partial charge in [-0.1, -0.05) is 66.7 Å². The van der Waals surface area contributed by atoms with Crippen molar-refractivity contribution in [1.29, 1.82) is 0 Å². The fraction of sp³-hybridized carbons (Fsp3) is 0. The van der Waals surface area contributed by atoms with E-state index in [1.165, 1.54) is 43.1 Å². The van der Waals surface area contributed by atoms with E-state index in [4.69, 9.17) is 0 Å². The molecule has 5 aromatic rings. The molecule has 5 aromatic carbocycles. The molecule has 0 bridgehead atoms. The molecule has 0 spiro atoms. The first-order valence-corrected chi connectivity index (χ1v) is 6.97. The molecular weight excluding hydrogens is 276 g/mol. The van der Waals surface area contributed by atoms with Gasteiger partial charge in [-0.15, -0.1) is 12.4 Å². The molecule has 0 heterocycles. The molecule has 0 atom stereocenters. The van der Waals surface area contributed by atoms with Crippen molar-refractivity contribution >= 4 is 55.5 Å². The minimum absolute atomic E-state index is 0. The van der Waals surface area contributed by atoms with E-state index in [0.717, 1.165) is 0 Å². The monoisotopic (exact) mass is 288 g/mol. The number of hydrogen-bond donors (Lipinski definition) is 0. The summed E-state index contributed by atoms with van der Waals surface area (Å²) in [7, 11) is 0. The van der Waals surface area contributed by atoms with Crippen LogP contribution in [0.25, 0.3) is 43.1 Å². The molecule has 1 heteroatoms. The lowest BCUT2D eigenvalue weighted by Crippen LogP contribution is -1.85. The molecule has 0 aliphatic rings. The molecule has 0 saturated heterocycles. The highest BCUT2D eigenvalue weighted by molar-refractivity contribution is 6.28. The Balaban J connectivity index is 0.00000115. The van der Waals surface area contributed by atoms with Gasteiger partial charge in [-0.3, -0.25) is 0 Å². The van der Waals surface area contributed by atoms with Crippen LogP contribution in [0.4, 0.5) is 0 Å². The van der Waals surface area contributed by atoms with Crippen molar-refractivity contribution in [2.75, 3.05) is 0 Å². The summed E-state index contributed by atoms with van der Waals surface area (Å²) >= 11 is 0. The Morgan fingerprint density at radius 1 is 0.429 bits per heavy atom. The molecule has 5 rings (SSSR count). The Bertz CT molecular complexity index is 1080. The zero-order valence-electron chi connectivity index (χ0n) is 11.3. The fourth-order valence-electron chi connectivity index (χ4n) is 3.49. The van der Waals surface area contributed by atoms with Gasteiger partial charge >= 0.3 is 0 Å². The summed E-state index contributed by atoms with van der Waals surface area (Å²) in [6, 6.07) is 26.5. The molecule has 0 saturated carbocycles. The zero-order valence-corrected chi connectivity index (χ0v) is 12.2. The summed E-state index contributed by atoms with van der Waals surface area (Å²) in [6.07, 6.45) is 0. The van der Waals surface area contributed by atoms with Crippen LogP contribution in [0.2, 0.25) is 0 Å². The third-order valence-electron chi connectivity index (χ3n) is 4.37. The van der Waals surface area contributed by atoms with Crippen LogP contribution in [0.15, 0.2) is 72.8 Å². The molecule has 0 fully saturated rings. The summed E-state index contributed by atoms with van der Waals surface area (Å²) < 4.78 is 0. The predicted octanol–water partition coefficient (Wildman–Crippen LogP) is 6.16. The summed E-state index contributed by atoms with van der Waals surface area (Å²) in [4.78, 5) is 0. The number of hydrogen-bond acceptors (Lipinski definition) is 0. The molecule has 0 aromatic heterocycles. The molecule has 0 aliphatic carbocycles. The first kappa shape index (κ1) is 12.4. The largest absolute Gasteiger partial charge is 0.147 e. The zero-order chi connectivity index (χ0) is 13.1. The summed E-state index contributed by atoms with van der Waals surface area (Å²) in [5.74, 6) is 0. The van der Waals surface area contributed by atoms with Crippen molar-refractivity contribution in [3.63, 3.8) is 0 Å². The summed E-state index contributed by atoms with van der Waals surface area (Å²) in [6.45, 7) is 0. The molecule has 21 heavy (non-hydrogen) atoms. The molecule has 0 N–H and O–H groups in total. The highest BCUT2D eigenvalue weighted by Crippen LogP contribution is 2.38. The minimum Gasteiger partial charge on any atom is -0.147 e. The van der Waals surface area contributed by atoms with Crippen molar-refractivity contribution in [3.05, 3.63) is 72.8 Å². The van der Waals surface area contributed by atoms with Crippen LogP contribution in [-0.2, 0) is 0 Å². The Morgan fingerprint density at radius 3 is 1.95 bits per heavy atom. The van der Waals surface area contributed by atoms with Gasteiger partial charge in [0, 0.05) is 0 Å². The van der Waals surface area contributed by atoms with Gasteiger partial charge in [0.2, 0.25) is 0 Å². The van der Waals surface area contributed by atoms with Gasteiger partial charge in [0.15, 0.2) is 0 Å². The van der Waals surface area contributed by atoms with E-state index in [-0.39, 0.29) is 12.4 Å². The lowest BCUT2D eigenvalue weighted by atomic mass is 9.91. The van der Waals surface area contributed by atoms with E-state index in [2.05, 4.69) is 72.8 Å². The van der Waals surface area contributed by atoms with E-state index >= 15 is 0 Å². The maximum atomic E-state index is 2.31. The maximum absolute atomic E-state index is 2.31. The fourth-order valence-corrected chi connectivity index (χ4v) is 3.49. The highest BCUT2D eigenvalue weighted by Gasteiger charge is 2.09. The van der Waals surface area contributed by atoms with Gasteiger partial charge in [0.1, 0.15) is 0 Å². The van der Waals surface area contributed by atoms with Crippen LogP contribution < -0.4 is 0 Å². The number of rotatable bonds is 0. The molecular formula is C20H13Cl. The van der Waals surface area contributed by atoms with E-state index in [1.807, 2.05) is 0 Å². The second-order valence-corrected chi connectivity index (χ2v) is 5.45. The van der Waals surface area contributed by atoms with Crippen molar-refractivity contribution in [2.24, 2.45) is 0 Å². The first-order chi connectivity index (χ1) is 9.92.